The van der Waals surface area contributed by atoms with E-state index in [4.69, 9.17) is 5.11 Å². The second-order valence-electron chi connectivity index (χ2n) is 1.61. The van der Waals surface area contributed by atoms with Crippen LogP contribution in [0.5, 0.6) is 5.75 Å². The van der Waals surface area contributed by atoms with E-state index < -0.39 is 23.2 Å². The second kappa shape index (κ2) is 2.21. The monoisotopic (exact) mass is 147 g/mol. The van der Waals surface area contributed by atoms with Gasteiger partial charge in [-0.05, 0) is 6.07 Å². The molecule has 0 saturated heterocycles. The first kappa shape index (κ1) is 6.92. The van der Waals surface area contributed by atoms with Crippen molar-refractivity contribution in [1.29, 1.82) is 0 Å². The Morgan fingerprint density at radius 2 is 1.90 bits per heavy atom. The first-order chi connectivity index (χ1) is 4.63. The fraction of sp³-hybridized carbons (Fsp3) is 0. The normalized spacial score (nSPS) is 9.90. The Balaban J connectivity index is 3.34. The molecule has 0 bridgehead atoms. The van der Waals surface area contributed by atoms with Gasteiger partial charge in [-0.15, -0.1) is 0 Å². The smallest absolute Gasteiger partial charge is 0.204 e. The summed E-state index contributed by atoms with van der Waals surface area (Å²) in [5.41, 5.74) is 0. The minimum Gasteiger partial charge on any atom is -0.503 e. The zero-order chi connectivity index (χ0) is 7.72. The molecule has 0 amide bonds. The highest BCUT2D eigenvalue weighted by Gasteiger charge is 2.11. The van der Waals surface area contributed by atoms with Crippen molar-refractivity contribution in [2.24, 2.45) is 0 Å². The first-order valence-corrected chi connectivity index (χ1v) is 2.37. The Hall–Kier alpha value is -1.19. The van der Waals surface area contributed by atoms with E-state index in [1.165, 1.54) is 0 Å². The van der Waals surface area contributed by atoms with Crippen molar-refractivity contribution in [2.45, 2.75) is 0 Å². The number of aromatic hydroxyl groups is 1. The molecule has 0 aliphatic carbocycles. The predicted octanol–water partition coefficient (Wildman–Crippen LogP) is 1.61. The van der Waals surface area contributed by atoms with E-state index in [-0.39, 0.29) is 0 Å². The summed E-state index contributed by atoms with van der Waals surface area (Å²) < 4.78 is 36.2. The van der Waals surface area contributed by atoms with Crippen molar-refractivity contribution in [1.82, 2.24) is 0 Å². The molecule has 53 valence electrons. The molecule has 0 unspecified atom stereocenters. The summed E-state index contributed by atoms with van der Waals surface area (Å²) in [5.74, 6) is -5.53. The molecule has 1 rings (SSSR count). The van der Waals surface area contributed by atoms with Gasteiger partial charge in [-0.3, -0.25) is 0 Å². The molecule has 4 heteroatoms. The van der Waals surface area contributed by atoms with Gasteiger partial charge in [0.2, 0.25) is 5.82 Å². The van der Waals surface area contributed by atoms with E-state index in [9.17, 15) is 13.2 Å². The molecule has 0 aromatic heterocycles. The maximum Gasteiger partial charge on any atom is 0.204 e. The van der Waals surface area contributed by atoms with E-state index in [0.717, 1.165) is 0 Å². The van der Waals surface area contributed by atoms with Gasteiger partial charge in [0.05, 0.1) is 0 Å². The van der Waals surface area contributed by atoms with Crippen molar-refractivity contribution in [3.63, 3.8) is 0 Å². The molecule has 1 radical (unpaired) electrons. The number of halogens is 3. The highest BCUT2D eigenvalue weighted by Crippen LogP contribution is 2.20. The summed E-state index contributed by atoms with van der Waals surface area (Å²) in [7, 11) is 0. The van der Waals surface area contributed by atoms with E-state index in [1.54, 1.807) is 6.07 Å². The molecule has 0 heterocycles. The number of phenols is 1. The van der Waals surface area contributed by atoms with Crippen molar-refractivity contribution < 1.29 is 18.3 Å². The van der Waals surface area contributed by atoms with Gasteiger partial charge in [-0.2, -0.15) is 4.39 Å². The summed E-state index contributed by atoms with van der Waals surface area (Å²) in [4.78, 5) is 0. The number of phenolic OH excluding ortho intramolecular Hbond substituents is 1. The third kappa shape index (κ3) is 0.920. The summed E-state index contributed by atoms with van der Waals surface area (Å²) in [6.07, 6.45) is 0. The van der Waals surface area contributed by atoms with Crippen LogP contribution in [0.1, 0.15) is 0 Å². The number of hydrogen-bond acceptors (Lipinski definition) is 1. The van der Waals surface area contributed by atoms with Crippen LogP contribution >= 0.6 is 0 Å². The van der Waals surface area contributed by atoms with Crippen molar-refractivity contribution >= 4 is 0 Å². The van der Waals surface area contributed by atoms with Gasteiger partial charge in [0.1, 0.15) is 0 Å². The molecule has 0 saturated carbocycles. The Bertz CT molecular complexity index is 232. The third-order valence-corrected chi connectivity index (χ3v) is 0.952. The average molecular weight is 147 g/mol. The molecule has 1 aromatic carbocycles. The molecule has 0 fully saturated rings. The molecular weight excluding hydrogens is 145 g/mol. The van der Waals surface area contributed by atoms with Crippen molar-refractivity contribution in [3.05, 3.63) is 29.6 Å². The maximum absolute atomic E-state index is 12.1. The molecule has 0 aliphatic rings. The van der Waals surface area contributed by atoms with Crippen LogP contribution in [0.15, 0.2) is 6.07 Å². The highest BCUT2D eigenvalue weighted by atomic mass is 19.2. The van der Waals surface area contributed by atoms with Crippen molar-refractivity contribution in [3.8, 4) is 5.75 Å². The molecule has 1 aromatic rings. The summed E-state index contributed by atoms with van der Waals surface area (Å²) in [6.45, 7) is 0. The van der Waals surface area contributed by atoms with Gasteiger partial charge >= 0.3 is 0 Å². The highest BCUT2D eigenvalue weighted by molar-refractivity contribution is 5.24. The minimum absolute atomic E-state index is 0.522. The lowest BCUT2D eigenvalue weighted by Crippen LogP contribution is -1.87. The van der Waals surface area contributed by atoms with Crippen molar-refractivity contribution in [2.75, 3.05) is 0 Å². The molecule has 1 nitrogen and oxygen atoms in total. The first-order valence-electron chi connectivity index (χ1n) is 2.37. The SMILES string of the molecule is Oc1c(F)c[c]c(F)c1F. The van der Waals surface area contributed by atoms with Crippen LogP contribution in [0.2, 0.25) is 0 Å². The summed E-state index contributed by atoms with van der Waals surface area (Å²) >= 11 is 0. The molecule has 0 aliphatic heterocycles. The largest absolute Gasteiger partial charge is 0.503 e. The van der Waals surface area contributed by atoms with Gasteiger partial charge in [0, 0.05) is 6.07 Å². The predicted molar refractivity (Wildman–Crippen MR) is 26.8 cm³/mol. The lowest BCUT2D eigenvalue weighted by molar-refractivity contribution is 0.376. The number of benzene rings is 1. The lowest BCUT2D eigenvalue weighted by atomic mass is 10.3. The van der Waals surface area contributed by atoms with Gasteiger partial charge < -0.3 is 5.11 Å². The van der Waals surface area contributed by atoms with Gasteiger partial charge in [0.25, 0.3) is 0 Å². The molecule has 0 spiro atoms. The Labute approximate surface area is 54.7 Å². The Kier molecular flexibility index (Phi) is 1.53. The summed E-state index contributed by atoms with van der Waals surface area (Å²) in [6, 6.07) is 2.15. The van der Waals surface area contributed by atoms with E-state index in [0.29, 0.717) is 6.07 Å². The van der Waals surface area contributed by atoms with Crippen LogP contribution in [0.4, 0.5) is 13.2 Å². The van der Waals surface area contributed by atoms with Crippen LogP contribution in [-0.2, 0) is 0 Å². The van der Waals surface area contributed by atoms with Gasteiger partial charge in [-0.1, -0.05) is 0 Å². The van der Waals surface area contributed by atoms with Crippen LogP contribution in [0, 0.1) is 23.5 Å². The number of rotatable bonds is 0. The maximum atomic E-state index is 12.1. The zero-order valence-corrected chi connectivity index (χ0v) is 4.66. The Morgan fingerprint density at radius 3 is 2.40 bits per heavy atom. The minimum atomic E-state index is -1.61. The van der Waals surface area contributed by atoms with Crippen LogP contribution < -0.4 is 0 Å². The topological polar surface area (TPSA) is 20.2 Å². The van der Waals surface area contributed by atoms with Crippen LogP contribution in [0.3, 0.4) is 0 Å². The molecule has 10 heavy (non-hydrogen) atoms. The molecule has 1 N–H and O–H groups in total. The lowest BCUT2D eigenvalue weighted by Gasteiger charge is -1.95. The Morgan fingerprint density at radius 1 is 1.30 bits per heavy atom. The van der Waals surface area contributed by atoms with Gasteiger partial charge in [-0.25, -0.2) is 8.78 Å². The molecular formula is C6H2F3O. The second-order valence-corrected chi connectivity index (χ2v) is 1.61. The summed E-state index contributed by atoms with van der Waals surface area (Å²) in [5, 5.41) is 8.38. The van der Waals surface area contributed by atoms with E-state index in [2.05, 4.69) is 0 Å². The number of hydrogen-bond donors (Lipinski definition) is 1. The fourth-order valence-corrected chi connectivity index (χ4v) is 0.467. The zero-order valence-electron chi connectivity index (χ0n) is 4.66. The quantitative estimate of drug-likeness (QED) is 0.552. The standard InChI is InChI=1S/C6H2F3O/c7-3-1-2-4(8)6(10)5(3)9/h2,10H. The van der Waals surface area contributed by atoms with Crippen LogP contribution in [-0.4, -0.2) is 5.11 Å². The fourth-order valence-electron chi connectivity index (χ4n) is 0.467. The van der Waals surface area contributed by atoms with E-state index in [1.807, 2.05) is 0 Å². The van der Waals surface area contributed by atoms with E-state index >= 15 is 0 Å². The average Bonchev–Trinajstić information content (AvgIpc) is 1.93. The third-order valence-electron chi connectivity index (χ3n) is 0.952. The van der Waals surface area contributed by atoms with Crippen LogP contribution in [0.25, 0.3) is 0 Å². The van der Waals surface area contributed by atoms with Gasteiger partial charge in [0.15, 0.2) is 17.4 Å². The molecule has 0 atom stereocenters.